The minimum atomic E-state index is -1.50. The molecule has 4 heteroatoms. The summed E-state index contributed by atoms with van der Waals surface area (Å²) in [6.07, 6.45) is 3.52. The molecule has 0 unspecified atom stereocenters. The van der Waals surface area contributed by atoms with Crippen molar-refractivity contribution in [3.8, 4) is 0 Å². The molecule has 1 aromatic rings. The molecule has 1 aromatic heterocycles. The fraction of sp³-hybridized carbons (Fsp3) is 0.583. The minimum Gasteiger partial charge on any atom is -0.380 e. The van der Waals surface area contributed by atoms with E-state index in [4.69, 9.17) is 14.9 Å². The van der Waals surface area contributed by atoms with Crippen LogP contribution in [0.5, 0.6) is 0 Å². The molecule has 4 nitrogen and oxygen atoms in total. The summed E-state index contributed by atoms with van der Waals surface area (Å²) in [5.74, 6) is -1.50. The van der Waals surface area contributed by atoms with Crippen LogP contribution in [0.3, 0.4) is 0 Å². The molecule has 0 aromatic carbocycles. The quantitative estimate of drug-likeness (QED) is 0.761. The molecule has 0 radical (unpaired) electrons. The summed E-state index contributed by atoms with van der Waals surface area (Å²) in [7, 11) is 1.68. The number of hydrogen-bond acceptors (Lipinski definition) is 4. The van der Waals surface area contributed by atoms with Gasteiger partial charge in [0.15, 0.2) is 5.79 Å². The van der Waals surface area contributed by atoms with E-state index in [1.165, 1.54) is 13.8 Å². The molecular weight excluding hydrogens is 206 g/mol. The van der Waals surface area contributed by atoms with E-state index in [-0.39, 0.29) is 0 Å². The Labute approximate surface area is 97.9 Å². The van der Waals surface area contributed by atoms with Crippen LogP contribution in [-0.4, -0.2) is 28.1 Å². The first-order valence-corrected chi connectivity index (χ1v) is 5.26. The summed E-state index contributed by atoms with van der Waals surface area (Å²) in [5, 5.41) is 16.2. The van der Waals surface area contributed by atoms with E-state index in [1.54, 1.807) is 19.5 Å². The summed E-state index contributed by atoms with van der Waals surface area (Å²) in [4.78, 5) is 3.87. The van der Waals surface area contributed by atoms with Crippen LogP contribution < -0.4 is 0 Å². The number of rotatable bonds is 2. The van der Waals surface area contributed by atoms with Crippen molar-refractivity contribution in [1.29, 1.82) is 0 Å². The van der Waals surface area contributed by atoms with Crippen LogP contribution in [-0.2, 0) is 11.3 Å². The van der Waals surface area contributed by atoms with Gasteiger partial charge >= 0.3 is 0 Å². The molecule has 16 heavy (non-hydrogen) atoms. The van der Waals surface area contributed by atoms with Crippen molar-refractivity contribution < 1.29 is 14.9 Å². The molecule has 0 bridgehead atoms. The Balaban J connectivity index is 0. The molecule has 0 amide bonds. The van der Waals surface area contributed by atoms with Crippen LogP contribution in [0.1, 0.15) is 33.3 Å². The van der Waals surface area contributed by atoms with Gasteiger partial charge in [-0.05, 0) is 31.5 Å². The first-order chi connectivity index (χ1) is 7.43. The van der Waals surface area contributed by atoms with Crippen molar-refractivity contribution in [3.63, 3.8) is 0 Å². The van der Waals surface area contributed by atoms with Gasteiger partial charge in [-0.1, -0.05) is 13.8 Å². The standard InChI is InChI=1S/C7H9NO.C3H8O2.C2H6/c1-9-6-7-2-4-8-5-3-7;1-3(2,4)5;1-2/h2-5H,6H2,1H3;4-5H,1-2H3;1-2H3. The zero-order valence-corrected chi connectivity index (χ0v) is 10.8. The topological polar surface area (TPSA) is 62.6 Å². The SMILES string of the molecule is CC.CC(C)(O)O.COCc1ccncc1. The average molecular weight is 229 g/mol. The lowest BCUT2D eigenvalue weighted by molar-refractivity contribution is -0.127. The van der Waals surface area contributed by atoms with Crippen LogP contribution in [0.4, 0.5) is 0 Å². The van der Waals surface area contributed by atoms with Gasteiger partial charge in [-0.15, -0.1) is 0 Å². The number of methoxy groups -OCH3 is 1. The Morgan fingerprint density at radius 3 is 1.88 bits per heavy atom. The van der Waals surface area contributed by atoms with Crippen LogP contribution >= 0.6 is 0 Å². The molecule has 0 spiro atoms. The number of ether oxygens (including phenoxy) is 1. The lowest BCUT2D eigenvalue weighted by atomic mass is 10.3. The van der Waals surface area contributed by atoms with Crippen LogP contribution in [0.2, 0.25) is 0 Å². The predicted octanol–water partition coefficient (Wildman–Crippen LogP) is 1.96. The monoisotopic (exact) mass is 229 g/mol. The molecular formula is C12H23NO3. The molecule has 0 fully saturated rings. The van der Waals surface area contributed by atoms with Crippen molar-refractivity contribution in [3.05, 3.63) is 30.1 Å². The maximum Gasteiger partial charge on any atom is 0.156 e. The number of nitrogens with zero attached hydrogens (tertiary/aromatic N) is 1. The van der Waals surface area contributed by atoms with E-state index in [0.717, 1.165) is 5.56 Å². The molecule has 0 atom stereocenters. The Kier molecular flexibility index (Phi) is 11.5. The van der Waals surface area contributed by atoms with E-state index in [0.29, 0.717) is 6.61 Å². The van der Waals surface area contributed by atoms with Crippen LogP contribution in [0.25, 0.3) is 0 Å². The van der Waals surface area contributed by atoms with Crippen LogP contribution in [0.15, 0.2) is 24.5 Å². The Morgan fingerprint density at radius 2 is 1.56 bits per heavy atom. The van der Waals surface area contributed by atoms with E-state index < -0.39 is 5.79 Å². The molecule has 0 aliphatic heterocycles. The lowest BCUT2D eigenvalue weighted by Crippen LogP contribution is -2.15. The third-order valence-corrected chi connectivity index (χ3v) is 1.06. The van der Waals surface area contributed by atoms with Gasteiger partial charge < -0.3 is 14.9 Å². The van der Waals surface area contributed by atoms with Gasteiger partial charge in [-0.25, -0.2) is 0 Å². The highest BCUT2D eigenvalue weighted by Crippen LogP contribution is 1.95. The number of aromatic nitrogens is 1. The maximum atomic E-state index is 8.08. The largest absolute Gasteiger partial charge is 0.380 e. The van der Waals surface area contributed by atoms with E-state index in [2.05, 4.69) is 4.98 Å². The first kappa shape index (κ1) is 17.4. The summed E-state index contributed by atoms with van der Waals surface area (Å²) in [6, 6.07) is 3.87. The van der Waals surface area contributed by atoms with Crippen molar-refractivity contribution in [1.82, 2.24) is 4.98 Å². The van der Waals surface area contributed by atoms with Crippen molar-refractivity contribution >= 4 is 0 Å². The molecule has 2 N–H and O–H groups in total. The zero-order chi connectivity index (χ0) is 13.0. The van der Waals surface area contributed by atoms with Gasteiger partial charge in [-0.2, -0.15) is 0 Å². The van der Waals surface area contributed by atoms with E-state index in [1.807, 2.05) is 26.0 Å². The molecule has 0 aliphatic rings. The highest BCUT2D eigenvalue weighted by atomic mass is 16.5. The van der Waals surface area contributed by atoms with Crippen LogP contribution in [0, 0.1) is 0 Å². The Morgan fingerprint density at radius 1 is 1.19 bits per heavy atom. The number of pyridine rings is 1. The van der Waals surface area contributed by atoms with E-state index in [9.17, 15) is 0 Å². The molecule has 0 aliphatic carbocycles. The van der Waals surface area contributed by atoms with Gasteiger partial charge in [-0.3, -0.25) is 4.98 Å². The van der Waals surface area contributed by atoms with Gasteiger partial charge in [0, 0.05) is 19.5 Å². The smallest absolute Gasteiger partial charge is 0.156 e. The highest BCUT2D eigenvalue weighted by molar-refractivity contribution is 5.07. The van der Waals surface area contributed by atoms with Gasteiger partial charge in [0.1, 0.15) is 0 Å². The number of hydrogen-bond donors (Lipinski definition) is 2. The lowest BCUT2D eigenvalue weighted by Gasteiger charge is -2.03. The fourth-order valence-corrected chi connectivity index (χ4v) is 0.646. The van der Waals surface area contributed by atoms with Crippen molar-refractivity contribution in [2.75, 3.05) is 7.11 Å². The summed E-state index contributed by atoms with van der Waals surface area (Å²) < 4.78 is 4.90. The second-order valence-electron chi connectivity index (χ2n) is 3.28. The van der Waals surface area contributed by atoms with Gasteiger partial charge in [0.25, 0.3) is 0 Å². The molecule has 1 heterocycles. The predicted molar refractivity (Wildman–Crippen MR) is 64.8 cm³/mol. The summed E-state index contributed by atoms with van der Waals surface area (Å²) in [6.45, 7) is 7.27. The van der Waals surface area contributed by atoms with Gasteiger partial charge in [0.05, 0.1) is 6.61 Å². The third kappa shape index (κ3) is 18.7. The molecule has 0 saturated carbocycles. The molecule has 94 valence electrons. The van der Waals surface area contributed by atoms with Crippen molar-refractivity contribution in [2.24, 2.45) is 0 Å². The minimum absolute atomic E-state index is 0.669. The van der Waals surface area contributed by atoms with Crippen molar-refractivity contribution in [2.45, 2.75) is 40.1 Å². The average Bonchev–Trinajstić information content (AvgIpc) is 2.20. The number of aliphatic hydroxyl groups is 2. The molecule has 1 rings (SSSR count). The Bertz CT molecular complexity index is 226. The normalized spacial score (nSPS) is 9.44. The fourth-order valence-electron chi connectivity index (χ4n) is 0.646. The van der Waals surface area contributed by atoms with Gasteiger partial charge in [0.2, 0.25) is 0 Å². The highest BCUT2D eigenvalue weighted by Gasteiger charge is 2.00. The summed E-state index contributed by atoms with van der Waals surface area (Å²) >= 11 is 0. The summed E-state index contributed by atoms with van der Waals surface area (Å²) in [5.41, 5.74) is 1.16. The second kappa shape index (κ2) is 10.5. The maximum absolute atomic E-state index is 8.08. The second-order valence-corrected chi connectivity index (χ2v) is 3.28. The first-order valence-electron chi connectivity index (χ1n) is 5.26. The third-order valence-electron chi connectivity index (χ3n) is 1.06. The Hall–Kier alpha value is -0.970. The van der Waals surface area contributed by atoms with E-state index >= 15 is 0 Å². The molecule has 0 saturated heterocycles. The zero-order valence-electron chi connectivity index (χ0n) is 10.8.